The maximum absolute atomic E-state index is 12.0. The Bertz CT molecular complexity index is 1010. The first-order valence-corrected chi connectivity index (χ1v) is 11.3. The molecule has 7 atom stereocenters. The molecule has 2 heterocycles. The summed E-state index contributed by atoms with van der Waals surface area (Å²) in [5.41, 5.74) is 0.827. The van der Waals surface area contributed by atoms with Gasteiger partial charge >= 0.3 is 23.9 Å². The molecule has 2 aliphatic heterocycles. The minimum atomic E-state index is -1.27. The van der Waals surface area contributed by atoms with Crippen molar-refractivity contribution in [1.82, 2.24) is 5.32 Å². The quantitative estimate of drug-likeness (QED) is 0.381. The Morgan fingerprint density at radius 2 is 1.67 bits per heavy atom. The van der Waals surface area contributed by atoms with Crippen LogP contribution in [0.4, 0.5) is 0 Å². The van der Waals surface area contributed by atoms with E-state index in [4.69, 9.17) is 28.4 Å². The summed E-state index contributed by atoms with van der Waals surface area (Å²) in [6.07, 6.45) is 1.02. The van der Waals surface area contributed by atoms with Gasteiger partial charge in [0.2, 0.25) is 12.2 Å². The van der Waals surface area contributed by atoms with Crippen molar-refractivity contribution in [2.75, 3.05) is 6.61 Å². The Morgan fingerprint density at radius 3 is 2.28 bits per heavy atom. The van der Waals surface area contributed by atoms with Crippen LogP contribution in [0.25, 0.3) is 0 Å². The zero-order valence-electron chi connectivity index (χ0n) is 20.5. The average Bonchev–Trinajstić information content (AvgIpc) is 2.75. The third-order valence-electron chi connectivity index (χ3n) is 5.60. The van der Waals surface area contributed by atoms with Crippen LogP contribution in [0.15, 0.2) is 35.6 Å². The second kappa shape index (κ2) is 11.4. The maximum Gasteiger partial charge on any atom is 0.331 e. The molecular formula is C24H29NO11. The van der Waals surface area contributed by atoms with E-state index in [1.54, 1.807) is 18.2 Å². The van der Waals surface area contributed by atoms with Crippen molar-refractivity contribution >= 4 is 29.8 Å². The van der Waals surface area contributed by atoms with Crippen molar-refractivity contribution in [2.24, 2.45) is 5.92 Å². The van der Waals surface area contributed by atoms with Crippen molar-refractivity contribution in [2.45, 2.75) is 71.4 Å². The monoisotopic (exact) mass is 507 g/mol. The zero-order chi connectivity index (χ0) is 26.6. The van der Waals surface area contributed by atoms with Gasteiger partial charge in [-0.15, -0.1) is 0 Å². The number of carbonyl (C=O) groups is 5. The molecule has 0 bridgehead atoms. The smallest absolute Gasteiger partial charge is 0.331 e. The largest absolute Gasteiger partial charge is 0.463 e. The van der Waals surface area contributed by atoms with Crippen LogP contribution in [0, 0.1) is 5.92 Å². The first-order chi connectivity index (χ1) is 16.9. The van der Waals surface area contributed by atoms with Gasteiger partial charge in [0.1, 0.15) is 30.6 Å². The molecular weight excluding hydrogens is 478 g/mol. The van der Waals surface area contributed by atoms with E-state index in [9.17, 15) is 24.0 Å². The Hall–Kier alpha value is -3.67. The van der Waals surface area contributed by atoms with Gasteiger partial charge in [0, 0.05) is 39.7 Å². The summed E-state index contributed by atoms with van der Waals surface area (Å²) in [6, 6.07) is -1.12. The number of allylic oxidation sites excluding steroid dienone is 1. The lowest BCUT2D eigenvalue weighted by atomic mass is 9.88. The molecule has 0 radical (unpaired) electrons. The van der Waals surface area contributed by atoms with Gasteiger partial charge in [0.25, 0.3) is 0 Å². The number of ether oxygens (including phenoxy) is 6. The number of carbonyl (C=O) groups excluding carboxylic acids is 5. The highest BCUT2D eigenvalue weighted by molar-refractivity contribution is 5.84. The molecule has 0 saturated carbocycles. The van der Waals surface area contributed by atoms with Crippen LogP contribution < -0.4 is 5.32 Å². The van der Waals surface area contributed by atoms with Crippen molar-refractivity contribution < 1.29 is 52.4 Å². The lowest BCUT2D eigenvalue weighted by Gasteiger charge is -2.45. The van der Waals surface area contributed by atoms with E-state index in [-0.39, 0.29) is 18.3 Å². The number of rotatable bonds is 7. The lowest BCUT2D eigenvalue weighted by Crippen LogP contribution is -2.66. The van der Waals surface area contributed by atoms with E-state index < -0.39 is 66.5 Å². The van der Waals surface area contributed by atoms with E-state index in [0.29, 0.717) is 0 Å². The fraction of sp³-hybridized carbons (Fsp3) is 0.542. The maximum atomic E-state index is 12.0. The number of hydrogen-bond acceptors (Lipinski definition) is 11. The number of nitrogens with one attached hydrogen (secondary N) is 1. The molecule has 1 saturated heterocycles. The fourth-order valence-electron chi connectivity index (χ4n) is 4.20. The highest BCUT2D eigenvalue weighted by Gasteiger charge is 2.52. The van der Waals surface area contributed by atoms with Crippen LogP contribution in [-0.4, -0.2) is 73.1 Å². The van der Waals surface area contributed by atoms with Crippen molar-refractivity contribution in [3.8, 4) is 0 Å². The van der Waals surface area contributed by atoms with Gasteiger partial charge in [-0.3, -0.25) is 19.2 Å². The predicted octanol–water partition coefficient (Wildman–Crippen LogP) is 0.601. The molecule has 1 fully saturated rings. The molecule has 1 aliphatic carbocycles. The van der Waals surface area contributed by atoms with Gasteiger partial charge in [-0.2, -0.15) is 0 Å². The van der Waals surface area contributed by atoms with E-state index >= 15 is 0 Å². The summed E-state index contributed by atoms with van der Waals surface area (Å²) in [4.78, 5) is 59.1. The molecule has 0 aromatic rings. The molecule has 1 N–H and O–H groups in total. The van der Waals surface area contributed by atoms with Crippen LogP contribution >= 0.6 is 0 Å². The Balaban J connectivity index is 1.93. The topological polar surface area (TPSA) is 153 Å². The van der Waals surface area contributed by atoms with E-state index in [2.05, 4.69) is 5.32 Å². The Kier molecular flexibility index (Phi) is 8.51. The van der Waals surface area contributed by atoms with Crippen LogP contribution in [0.2, 0.25) is 0 Å². The molecule has 36 heavy (non-hydrogen) atoms. The van der Waals surface area contributed by atoms with E-state index in [1.165, 1.54) is 19.9 Å². The summed E-state index contributed by atoms with van der Waals surface area (Å²) in [5.74, 6) is -2.91. The third kappa shape index (κ3) is 6.72. The molecule has 3 aliphatic rings. The number of hydrogen-bond donors (Lipinski definition) is 1. The molecule has 0 aromatic carbocycles. The SMILES string of the molecule is CC(=O)N[C@@H]1[C@H](OC2=C[C@@H]3OC(=O)C=C(C)[C@@H]3C=C2)O[C@H](COC(C)=O)[C@@H](OC(C)=O)[C@H]1OC(C)=O. The first-order valence-electron chi connectivity index (χ1n) is 11.3. The summed E-state index contributed by atoms with van der Waals surface area (Å²) >= 11 is 0. The van der Waals surface area contributed by atoms with Gasteiger partial charge in [0.05, 0.1) is 0 Å². The van der Waals surface area contributed by atoms with Crippen molar-refractivity contribution in [3.05, 3.63) is 35.6 Å². The van der Waals surface area contributed by atoms with E-state index in [0.717, 1.165) is 19.4 Å². The molecule has 196 valence electrons. The second-order valence-corrected chi connectivity index (χ2v) is 8.58. The first kappa shape index (κ1) is 26.9. The normalized spacial score (nSPS) is 31.0. The Morgan fingerprint density at radius 1 is 1.00 bits per heavy atom. The van der Waals surface area contributed by atoms with Crippen LogP contribution in [-0.2, 0) is 52.4 Å². The van der Waals surface area contributed by atoms with E-state index in [1.807, 2.05) is 6.92 Å². The highest BCUT2D eigenvalue weighted by Crippen LogP contribution is 2.33. The fourth-order valence-corrected chi connectivity index (χ4v) is 4.20. The summed E-state index contributed by atoms with van der Waals surface area (Å²) in [7, 11) is 0. The highest BCUT2D eigenvalue weighted by atomic mass is 16.7. The number of esters is 4. The minimum Gasteiger partial charge on any atom is -0.463 e. The predicted molar refractivity (Wildman–Crippen MR) is 119 cm³/mol. The van der Waals surface area contributed by atoms with Crippen LogP contribution in [0.1, 0.15) is 34.6 Å². The van der Waals surface area contributed by atoms with Crippen LogP contribution in [0.5, 0.6) is 0 Å². The third-order valence-corrected chi connectivity index (χ3v) is 5.60. The molecule has 3 rings (SSSR count). The van der Waals surface area contributed by atoms with Gasteiger partial charge in [-0.1, -0.05) is 11.6 Å². The summed E-state index contributed by atoms with van der Waals surface area (Å²) in [5, 5.41) is 2.62. The zero-order valence-corrected chi connectivity index (χ0v) is 20.5. The number of amides is 1. The molecule has 12 heteroatoms. The van der Waals surface area contributed by atoms with Crippen molar-refractivity contribution in [3.63, 3.8) is 0 Å². The number of fused-ring (bicyclic) bond motifs is 1. The average molecular weight is 507 g/mol. The van der Waals surface area contributed by atoms with Gasteiger partial charge < -0.3 is 33.7 Å². The lowest BCUT2D eigenvalue weighted by molar-refractivity contribution is -0.268. The summed E-state index contributed by atoms with van der Waals surface area (Å²) < 4.78 is 33.2. The second-order valence-electron chi connectivity index (χ2n) is 8.58. The van der Waals surface area contributed by atoms with Crippen molar-refractivity contribution in [1.29, 1.82) is 0 Å². The molecule has 0 spiro atoms. The molecule has 0 unspecified atom stereocenters. The minimum absolute atomic E-state index is 0.160. The molecule has 0 aromatic heterocycles. The van der Waals surface area contributed by atoms with Gasteiger partial charge in [-0.25, -0.2) is 4.79 Å². The molecule has 12 nitrogen and oxygen atoms in total. The van der Waals surface area contributed by atoms with Gasteiger partial charge in [-0.05, 0) is 19.1 Å². The molecule has 1 amide bonds. The van der Waals surface area contributed by atoms with Crippen LogP contribution in [0.3, 0.4) is 0 Å². The Labute approximate surface area is 207 Å². The summed E-state index contributed by atoms with van der Waals surface area (Å²) in [6.45, 7) is 6.21. The standard InChI is InChI=1S/C24H29NO11/c1-11-8-20(30)35-18-9-16(6-7-17(11)18)34-24-21(25-12(2)26)23(33-15(5)29)22(32-14(4)28)19(36-24)10-31-13(3)27/h6-9,17-19,21-24H,10H2,1-5H3,(H,25,26)/t17-,18-,19+,21-,22+,23-,24+/m0/s1. The van der Waals surface area contributed by atoms with Gasteiger partial charge in [0.15, 0.2) is 12.2 Å².